The maximum Gasteiger partial charge on any atom is 0.273 e. The summed E-state index contributed by atoms with van der Waals surface area (Å²) in [6, 6.07) is 10.6. The van der Waals surface area contributed by atoms with E-state index in [2.05, 4.69) is 0 Å². The van der Waals surface area contributed by atoms with E-state index in [0.717, 1.165) is 6.07 Å². The van der Waals surface area contributed by atoms with Crippen LogP contribution in [0.1, 0.15) is 17.3 Å². The highest BCUT2D eigenvalue weighted by Gasteiger charge is 2.11. The first-order chi connectivity index (χ1) is 8.99. The number of hydrogen-bond acceptors (Lipinski definition) is 4. The fourth-order valence-electron chi connectivity index (χ4n) is 1.76. The second-order valence-electron chi connectivity index (χ2n) is 4.09. The van der Waals surface area contributed by atoms with Crippen molar-refractivity contribution >= 4 is 11.5 Å². The van der Waals surface area contributed by atoms with E-state index in [-0.39, 0.29) is 17.2 Å². The zero-order chi connectivity index (χ0) is 14.0. The van der Waals surface area contributed by atoms with Gasteiger partial charge in [0.15, 0.2) is 5.78 Å². The van der Waals surface area contributed by atoms with E-state index >= 15 is 0 Å². The zero-order valence-electron chi connectivity index (χ0n) is 10.2. The molecule has 0 bridgehead atoms. The summed E-state index contributed by atoms with van der Waals surface area (Å²) in [5.41, 5.74) is 1.59. The van der Waals surface area contributed by atoms with Crippen LogP contribution in [-0.4, -0.2) is 15.8 Å². The van der Waals surface area contributed by atoms with Gasteiger partial charge in [0.1, 0.15) is 5.75 Å². The minimum Gasteiger partial charge on any atom is -0.507 e. The molecule has 0 amide bonds. The van der Waals surface area contributed by atoms with Gasteiger partial charge in [-0.1, -0.05) is 24.3 Å². The van der Waals surface area contributed by atoms with E-state index in [1.165, 1.54) is 19.1 Å². The van der Waals surface area contributed by atoms with Crippen LogP contribution in [0.15, 0.2) is 42.5 Å². The number of non-ortho nitro benzene ring substituents is 1. The minimum absolute atomic E-state index is 0.0422. The Hall–Kier alpha value is -2.69. The van der Waals surface area contributed by atoms with Crippen molar-refractivity contribution in [2.45, 2.75) is 6.92 Å². The largest absolute Gasteiger partial charge is 0.507 e. The van der Waals surface area contributed by atoms with Gasteiger partial charge < -0.3 is 5.11 Å². The minimum atomic E-state index is -0.567. The second-order valence-corrected chi connectivity index (χ2v) is 4.09. The quantitative estimate of drug-likeness (QED) is 0.520. The Morgan fingerprint density at radius 2 is 1.79 bits per heavy atom. The number of carbonyl (C=O) groups excluding carboxylic acids is 1. The van der Waals surface area contributed by atoms with E-state index in [1.54, 1.807) is 24.3 Å². The van der Waals surface area contributed by atoms with Gasteiger partial charge in [0.05, 0.1) is 11.0 Å². The Morgan fingerprint density at radius 3 is 2.26 bits per heavy atom. The summed E-state index contributed by atoms with van der Waals surface area (Å²) in [5, 5.41) is 20.4. The van der Waals surface area contributed by atoms with Crippen LogP contribution in [0.5, 0.6) is 5.75 Å². The molecule has 0 radical (unpaired) electrons. The standard InChI is InChI=1S/C14H11NO4/c1-9(16)10-2-4-11(5-3-10)13-7-6-12(15(18)19)8-14(13)17/h2-8,17H,1H3. The summed E-state index contributed by atoms with van der Waals surface area (Å²) in [4.78, 5) is 21.2. The molecule has 2 aromatic carbocycles. The van der Waals surface area contributed by atoms with Crippen molar-refractivity contribution in [2.75, 3.05) is 0 Å². The molecule has 96 valence electrons. The summed E-state index contributed by atoms with van der Waals surface area (Å²) in [6.07, 6.45) is 0. The lowest BCUT2D eigenvalue weighted by molar-refractivity contribution is -0.384. The van der Waals surface area contributed by atoms with Crippen molar-refractivity contribution < 1.29 is 14.8 Å². The Labute approximate surface area is 109 Å². The molecule has 1 N–H and O–H groups in total. The van der Waals surface area contributed by atoms with E-state index < -0.39 is 4.92 Å². The number of phenols is 1. The van der Waals surface area contributed by atoms with Gasteiger partial charge in [-0.15, -0.1) is 0 Å². The monoisotopic (exact) mass is 257 g/mol. The Morgan fingerprint density at radius 1 is 1.16 bits per heavy atom. The van der Waals surface area contributed by atoms with E-state index in [1.807, 2.05) is 0 Å². The summed E-state index contributed by atoms with van der Waals surface area (Å²) in [5.74, 6) is -0.204. The topological polar surface area (TPSA) is 80.4 Å². The van der Waals surface area contributed by atoms with Crippen LogP contribution in [-0.2, 0) is 0 Å². The molecule has 2 aromatic rings. The SMILES string of the molecule is CC(=O)c1ccc(-c2ccc([N+](=O)[O-])cc2O)cc1. The van der Waals surface area contributed by atoms with Gasteiger partial charge in [0, 0.05) is 17.2 Å². The Kier molecular flexibility index (Phi) is 3.29. The van der Waals surface area contributed by atoms with Crippen LogP contribution in [0.4, 0.5) is 5.69 Å². The highest BCUT2D eigenvalue weighted by molar-refractivity contribution is 5.94. The van der Waals surface area contributed by atoms with Gasteiger partial charge in [0.25, 0.3) is 5.69 Å². The third-order valence-corrected chi connectivity index (χ3v) is 2.79. The first-order valence-electron chi connectivity index (χ1n) is 5.58. The van der Waals surface area contributed by atoms with Gasteiger partial charge in [-0.2, -0.15) is 0 Å². The van der Waals surface area contributed by atoms with Gasteiger partial charge in [-0.25, -0.2) is 0 Å². The molecule has 2 rings (SSSR count). The van der Waals surface area contributed by atoms with Crippen LogP contribution in [0.3, 0.4) is 0 Å². The average Bonchev–Trinajstić information content (AvgIpc) is 2.38. The molecule has 0 aliphatic rings. The number of nitro groups is 1. The lowest BCUT2D eigenvalue weighted by Crippen LogP contribution is -1.91. The van der Waals surface area contributed by atoms with E-state index in [9.17, 15) is 20.0 Å². The second kappa shape index (κ2) is 4.89. The van der Waals surface area contributed by atoms with Gasteiger partial charge in [-0.3, -0.25) is 14.9 Å². The van der Waals surface area contributed by atoms with Crippen LogP contribution in [0.2, 0.25) is 0 Å². The van der Waals surface area contributed by atoms with Crippen molar-refractivity contribution in [1.29, 1.82) is 0 Å². The number of Topliss-reactive ketones (excluding diaryl/α,β-unsaturated/α-hetero) is 1. The number of carbonyl (C=O) groups is 1. The van der Waals surface area contributed by atoms with E-state index in [0.29, 0.717) is 16.7 Å². The molecule has 0 aromatic heterocycles. The predicted molar refractivity (Wildman–Crippen MR) is 70.2 cm³/mol. The molecule has 5 heteroatoms. The first kappa shape index (κ1) is 12.8. The molecular weight excluding hydrogens is 246 g/mol. The van der Waals surface area contributed by atoms with Crippen molar-refractivity contribution in [3.63, 3.8) is 0 Å². The molecule has 0 atom stereocenters. The van der Waals surface area contributed by atoms with Crippen LogP contribution in [0.25, 0.3) is 11.1 Å². The maximum absolute atomic E-state index is 11.2. The highest BCUT2D eigenvalue weighted by atomic mass is 16.6. The normalized spacial score (nSPS) is 10.2. The molecule has 0 aliphatic heterocycles. The number of benzene rings is 2. The molecular formula is C14H11NO4. The molecule has 0 saturated carbocycles. The van der Waals surface area contributed by atoms with Crippen LogP contribution in [0, 0.1) is 10.1 Å². The fraction of sp³-hybridized carbons (Fsp3) is 0.0714. The third-order valence-electron chi connectivity index (χ3n) is 2.79. The molecule has 0 fully saturated rings. The van der Waals surface area contributed by atoms with Crippen molar-refractivity contribution in [3.05, 3.63) is 58.1 Å². The number of rotatable bonds is 3. The zero-order valence-corrected chi connectivity index (χ0v) is 10.2. The number of nitro benzene ring substituents is 1. The summed E-state index contributed by atoms with van der Waals surface area (Å²) in [6.45, 7) is 1.47. The predicted octanol–water partition coefficient (Wildman–Crippen LogP) is 3.17. The summed E-state index contributed by atoms with van der Waals surface area (Å²) < 4.78 is 0. The Bertz CT molecular complexity index is 647. The number of phenolic OH excluding ortho intramolecular Hbond substituents is 1. The molecule has 0 spiro atoms. The maximum atomic E-state index is 11.2. The molecule has 19 heavy (non-hydrogen) atoms. The number of aromatic hydroxyl groups is 1. The van der Waals surface area contributed by atoms with Gasteiger partial charge in [-0.05, 0) is 18.6 Å². The lowest BCUT2D eigenvalue weighted by Gasteiger charge is -2.05. The summed E-state index contributed by atoms with van der Waals surface area (Å²) >= 11 is 0. The van der Waals surface area contributed by atoms with Crippen molar-refractivity contribution in [2.24, 2.45) is 0 Å². The van der Waals surface area contributed by atoms with E-state index in [4.69, 9.17) is 0 Å². The van der Waals surface area contributed by atoms with Crippen molar-refractivity contribution in [1.82, 2.24) is 0 Å². The Balaban J connectivity index is 2.41. The lowest BCUT2D eigenvalue weighted by atomic mass is 10.0. The smallest absolute Gasteiger partial charge is 0.273 e. The number of nitrogens with zero attached hydrogens (tertiary/aromatic N) is 1. The average molecular weight is 257 g/mol. The summed E-state index contributed by atoms with van der Waals surface area (Å²) in [7, 11) is 0. The molecule has 0 aliphatic carbocycles. The third kappa shape index (κ3) is 2.60. The van der Waals surface area contributed by atoms with Crippen LogP contribution < -0.4 is 0 Å². The van der Waals surface area contributed by atoms with Gasteiger partial charge >= 0.3 is 0 Å². The highest BCUT2D eigenvalue weighted by Crippen LogP contribution is 2.32. The molecule has 0 unspecified atom stereocenters. The molecule has 0 heterocycles. The number of ketones is 1. The van der Waals surface area contributed by atoms with Crippen molar-refractivity contribution in [3.8, 4) is 16.9 Å². The van der Waals surface area contributed by atoms with Gasteiger partial charge in [0.2, 0.25) is 0 Å². The molecule has 0 saturated heterocycles. The number of hydrogen-bond donors (Lipinski definition) is 1. The molecule has 5 nitrogen and oxygen atoms in total. The fourth-order valence-corrected chi connectivity index (χ4v) is 1.76. The first-order valence-corrected chi connectivity index (χ1v) is 5.58. The van der Waals surface area contributed by atoms with Crippen LogP contribution >= 0.6 is 0 Å².